The van der Waals surface area contributed by atoms with Gasteiger partial charge in [-0.25, -0.2) is 0 Å². The van der Waals surface area contributed by atoms with Gasteiger partial charge < -0.3 is 30.9 Å². The third kappa shape index (κ3) is 9.04. The average molecular weight is 558 g/mol. The summed E-state index contributed by atoms with van der Waals surface area (Å²) in [6.07, 6.45) is 3.38. The number of hydrogen-bond acceptors (Lipinski definition) is 6. The Morgan fingerprint density at radius 1 is 1.07 bits per heavy atom. The van der Waals surface area contributed by atoms with E-state index < -0.39 is 30.0 Å². The first-order valence-electron chi connectivity index (χ1n) is 14.3. The van der Waals surface area contributed by atoms with Crippen molar-refractivity contribution < 1.29 is 29.1 Å². The summed E-state index contributed by atoms with van der Waals surface area (Å²) in [5, 5.41) is 18.5. The quantitative estimate of drug-likeness (QED) is 0.428. The summed E-state index contributed by atoms with van der Waals surface area (Å²) in [6, 6.07) is 3.48. The van der Waals surface area contributed by atoms with E-state index >= 15 is 0 Å². The van der Waals surface area contributed by atoms with Gasteiger partial charge in [0.1, 0.15) is 6.04 Å². The minimum Gasteiger partial charge on any atom is -0.391 e. The molecule has 2 aliphatic rings. The minimum atomic E-state index is -1.21. The van der Waals surface area contributed by atoms with Gasteiger partial charge in [-0.2, -0.15) is 0 Å². The first-order chi connectivity index (χ1) is 19.0. The molecule has 0 radical (unpaired) electrons. The molecule has 0 aromatic heterocycles. The van der Waals surface area contributed by atoms with Crippen molar-refractivity contribution in [2.75, 3.05) is 32.7 Å². The fraction of sp³-hybridized carbons (Fsp3) is 0.621. The van der Waals surface area contributed by atoms with Crippen LogP contribution in [0.5, 0.6) is 0 Å². The number of aliphatic hydroxyl groups excluding tert-OH is 1. The van der Waals surface area contributed by atoms with Crippen molar-refractivity contribution in [3.63, 3.8) is 0 Å². The predicted molar refractivity (Wildman–Crippen MR) is 149 cm³/mol. The number of aryl methyl sites for hydroxylation is 2. The fourth-order valence-electron chi connectivity index (χ4n) is 5.07. The lowest BCUT2D eigenvalue weighted by molar-refractivity contribution is -0.138. The van der Waals surface area contributed by atoms with Crippen LogP contribution in [0.1, 0.15) is 73.9 Å². The smallest absolute Gasteiger partial charge is 0.252 e. The molecule has 0 saturated carbocycles. The molecule has 2 bridgehead atoms. The number of likely N-dealkylation sites (tertiary alicyclic amines) is 1. The molecule has 2 heterocycles. The highest BCUT2D eigenvalue weighted by Crippen LogP contribution is 2.15. The van der Waals surface area contributed by atoms with Crippen molar-refractivity contribution in [3.8, 4) is 0 Å². The van der Waals surface area contributed by atoms with Gasteiger partial charge in [-0.15, -0.1) is 0 Å². The number of aliphatic hydroxyl groups is 1. The van der Waals surface area contributed by atoms with E-state index in [0.717, 1.165) is 30.4 Å². The van der Waals surface area contributed by atoms with E-state index in [0.29, 0.717) is 37.9 Å². The molecular formula is C29H43N5O6. The van der Waals surface area contributed by atoms with Crippen LogP contribution in [0.4, 0.5) is 0 Å². The molecule has 5 amide bonds. The predicted octanol–water partition coefficient (Wildman–Crippen LogP) is 0.663. The minimum absolute atomic E-state index is 0.0410. The Balaban J connectivity index is 1.77. The van der Waals surface area contributed by atoms with Gasteiger partial charge >= 0.3 is 0 Å². The normalized spacial score (nSPS) is 22.9. The molecule has 1 saturated heterocycles. The Hall–Kier alpha value is -3.47. The summed E-state index contributed by atoms with van der Waals surface area (Å²) >= 11 is 0. The zero-order valence-electron chi connectivity index (χ0n) is 23.8. The second-order valence-corrected chi connectivity index (χ2v) is 10.9. The Kier molecular flexibility index (Phi) is 11.5. The van der Waals surface area contributed by atoms with Crippen molar-refractivity contribution in [2.24, 2.45) is 0 Å². The third-order valence-electron chi connectivity index (χ3n) is 7.44. The molecule has 11 nitrogen and oxygen atoms in total. The SMILES string of the molecule is Cc1ccc2cc1CCCNC(=O)CN(C(=O)CCN1CCCCCC1=O)C[C@@H](C)NC(=O)[C@H]([C@@H](C)O)NC2=O. The van der Waals surface area contributed by atoms with E-state index in [-0.39, 0.29) is 43.8 Å². The molecule has 0 spiro atoms. The summed E-state index contributed by atoms with van der Waals surface area (Å²) in [4.78, 5) is 67.6. The van der Waals surface area contributed by atoms with Gasteiger partial charge in [-0.1, -0.05) is 12.5 Å². The molecule has 2 aliphatic heterocycles. The van der Waals surface area contributed by atoms with Gasteiger partial charge in [0.25, 0.3) is 5.91 Å². The highest BCUT2D eigenvalue weighted by Gasteiger charge is 2.29. The van der Waals surface area contributed by atoms with E-state index in [1.54, 1.807) is 24.0 Å². The number of benzene rings is 1. The molecule has 220 valence electrons. The zero-order valence-corrected chi connectivity index (χ0v) is 23.8. The molecule has 40 heavy (non-hydrogen) atoms. The van der Waals surface area contributed by atoms with Crippen LogP contribution in [0.15, 0.2) is 18.2 Å². The van der Waals surface area contributed by atoms with Crippen LogP contribution in [0.2, 0.25) is 0 Å². The van der Waals surface area contributed by atoms with Crippen LogP contribution >= 0.6 is 0 Å². The number of nitrogens with zero attached hydrogens (tertiary/aromatic N) is 2. The topological polar surface area (TPSA) is 148 Å². The van der Waals surface area contributed by atoms with Gasteiger partial charge in [0.15, 0.2) is 0 Å². The lowest BCUT2D eigenvalue weighted by Crippen LogP contribution is -2.56. The second-order valence-electron chi connectivity index (χ2n) is 10.9. The van der Waals surface area contributed by atoms with Gasteiger partial charge in [0.2, 0.25) is 23.6 Å². The lowest BCUT2D eigenvalue weighted by atomic mass is 10.00. The Bertz CT molecular complexity index is 1090. The van der Waals surface area contributed by atoms with Crippen LogP contribution in [0.3, 0.4) is 0 Å². The monoisotopic (exact) mass is 557 g/mol. The maximum absolute atomic E-state index is 13.2. The molecule has 3 rings (SSSR count). The van der Waals surface area contributed by atoms with Gasteiger partial charge in [0.05, 0.1) is 12.6 Å². The number of hydrogen-bond donors (Lipinski definition) is 4. The summed E-state index contributed by atoms with van der Waals surface area (Å²) in [7, 11) is 0. The Morgan fingerprint density at radius 3 is 2.60 bits per heavy atom. The first kappa shape index (κ1) is 31.1. The summed E-state index contributed by atoms with van der Waals surface area (Å²) in [5.74, 6) is -1.64. The van der Waals surface area contributed by atoms with Crippen LogP contribution in [0.25, 0.3) is 0 Å². The van der Waals surface area contributed by atoms with Crippen molar-refractivity contribution in [1.82, 2.24) is 25.8 Å². The first-order valence-corrected chi connectivity index (χ1v) is 14.3. The Morgan fingerprint density at radius 2 is 1.85 bits per heavy atom. The Labute approximate surface area is 236 Å². The second kappa shape index (κ2) is 14.8. The van der Waals surface area contributed by atoms with Gasteiger partial charge in [-0.05, 0) is 69.7 Å². The summed E-state index contributed by atoms with van der Waals surface area (Å²) in [6.45, 7) is 6.21. The van der Waals surface area contributed by atoms with Crippen LogP contribution in [-0.4, -0.2) is 95.4 Å². The molecule has 4 N–H and O–H groups in total. The van der Waals surface area contributed by atoms with E-state index in [9.17, 15) is 29.1 Å². The molecule has 0 unspecified atom stereocenters. The van der Waals surface area contributed by atoms with Gasteiger partial charge in [-0.3, -0.25) is 24.0 Å². The molecule has 3 atom stereocenters. The summed E-state index contributed by atoms with van der Waals surface area (Å²) < 4.78 is 0. The average Bonchev–Trinajstić information content (AvgIpc) is 3.11. The lowest BCUT2D eigenvalue weighted by Gasteiger charge is -2.29. The largest absolute Gasteiger partial charge is 0.391 e. The molecule has 0 aliphatic carbocycles. The fourth-order valence-corrected chi connectivity index (χ4v) is 5.07. The van der Waals surface area contributed by atoms with Crippen LogP contribution < -0.4 is 16.0 Å². The number of fused-ring (bicyclic) bond motifs is 2. The van der Waals surface area contributed by atoms with E-state index in [2.05, 4.69) is 16.0 Å². The van der Waals surface area contributed by atoms with Crippen LogP contribution in [-0.2, 0) is 25.6 Å². The molecule has 1 aromatic carbocycles. The number of carbonyl (C=O) groups excluding carboxylic acids is 5. The third-order valence-corrected chi connectivity index (χ3v) is 7.44. The standard InChI is InChI=1S/C29H43N5O6/c1-19-10-11-23-16-22(19)8-7-13-30-24(36)18-34(26(38)12-15-33-14-6-4-5-9-25(33)37)17-20(2)31-29(40)27(21(3)35)32-28(23)39/h10-11,16,20-21,27,35H,4-9,12-15,17-18H2,1-3H3,(H,30,36)(H,31,40)(H,32,39)/t20-,21-,27+/m1/s1. The van der Waals surface area contributed by atoms with Crippen molar-refractivity contribution >= 4 is 29.5 Å². The molecule has 1 fully saturated rings. The van der Waals surface area contributed by atoms with E-state index in [1.165, 1.54) is 11.8 Å². The van der Waals surface area contributed by atoms with Crippen LogP contribution in [0, 0.1) is 6.92 Å². The number of nitrogens with one attached hydrogen (secondary N) is 3. The highest BCUT2D eigenvalue weighted by molar-refractivity contribution is 5.98. The molecular weight excluding hydrogens is 514 g/mol. The van der Waals surface area contributed by atoms with Crippen molar-refractivity contribution in [1.29, 1.82) is 0 Å². The zero-order chi connectivity index (χ0) is 29.2. The summed E-state index contributed by atoms with van der Waals surface area (Å²) in [5.41, 5.74) is 2.32. The molecule has 1 aromatic rings. The number of carbonyl (C=O) groups is 5. The number of amides is 5. The maximum Gasteiger partial charge on any atom is 0.252 e. The van der Waals surface area contributed by atoms with E-state index in [4.69, 9.17) is 0 Å². The van der Waals surface area contributed by atoms with Crippen molar-refractivity contribution in [2.45, 2.75) is 83.9 Å². The van der Waals surface area contributed by atoms with Crippen molar-refractivity contribution in [3.05, 3.63) is 34.9 Å². The maximum atomic E-state index is 13.2. The van der Waals surface area contributed by atoms with Gasteiger partial charge in [0, 0.05) is 50.6 Å². The highest BCUT2D eigenvalue weighted by atomic mass is 16.3. The molecule has 11 heteroatoms. The number of rotatable bonds is 4. The van der Waals surface area contributed by atoms with E-state index in [1.807, 2.05) is 13.0 Å².